The van der Waals surface area contributed by atoms with E-state index in [1.165, 1.54) is 24.4 Å². The van der Waals surface area contributed by atoms with Crippen molar-refractivity contribution in [3.63, 3.8) is 0 Å². The molecule has 3 N–H and O–H groups in total. The monoisotopic (exact) mass is 477 g/mol. The number of carbonyl (C=O) groups is 1. The Balaban J connectivity index is 1.35. The largest absolute Gasteiger partial charge is 0.462 e. The van der Waals surface area contributed by atoms with Crippen molar-refractivity contribution in [1.82, 2.24) is 19.4 Å². The van der Waals surface area contributed by atoms with E-state index in [1.807, 2.05) is 0 Å². The minimum Gasteiger partial charge on any atom is -0.462 e. The van der Waals surface area contributed by atoms with Gasteiger partial charge in [0.25, 0.3) is 11.9 Å². The number of fused-ring (bicyclic) bond motifs is 1. The van der Waals surface area contributed by atoms with E-state index in [4.69, 9.17) is 14.6 Å². The molecule has 0 saturated heterocycles. The minimum absolute atomic E-state index is 0.0370. The van der Waals surface area contributed by atoms with Crippen molar-refractivity contribution in [2.45, 2.75) is 45.6 Å². The molecule has 1 fully saturated rings. The second kappa shape index (κ2) is 9.16. The Morgan fingerprint density at radius 1 is 1.17 bits per heavy atom. The zero-order chi connectivity index (χ0) is 24.5. The molecule has 3 aromatic heterocycles. The number of amidine groups is 1. The molecule has 11 heteroatoms. The van der Waals surface area contributed by atoms with Crippen LogP contribution in [-0.2, 0) is 4.74 Å². The molecule has 1 aromatic carbocycles. The summed E-state index contributed by atoms with van der Waals surface area (Å²) in [7, 11) is 0. The highest BCUT2D eigenvalue weighted by atomic mass is 19.1. The Morgan fingerprint density at radius 3 is 2.71 bits per heavy atom. The summed E-state index contributed by atoms with van der Waals surface area (Å²) in [5, 5.41) is 13.6. The maximum atomic E-state index is 14.7. The van der Waals surface area contributed by atoms with E-state index in [-0.39, 0.29) is 23.4 Å². The van der Waals surface area contributed by atoms with Crippen molar-refractivity contribution in [3.05, 3.63) is 60.0 Å². The molecule has 0 atom stereocenters. The Hall–Kier alpha value is -4.28. The molecule has 1 amide bonds. The fourth-order valence-electron chi connectivity index (χ4n) is 4.14. The summed E-state index contributed by atoms with van der Waals surface area (Å²) in [6, 6.07) is 4.18. The topological polar surface area (TPSA) is 130 Å². The van der Waals surface area contributed by atoms with Gasteiger partial charge in [-0.1, -0.05) is 0 Å². The van der Waals surface area contributed by atoms with Gasteiger partial charge in [0, 0.05) is 30.6 Å². The number of carbonyl (C=O) groups excluding carboxylic acids is 1. The lowest BCUT2D eigenvalue weighted by atomic mass is 10.1. The molecule has 0 unspecified atom stereocenters. The molecular weight excluding hydrogens is 453 g/mol. The number of hydrogen-bond donors (Lipinski definition) is 3. The van der Waals surface area contributed by atoms with Gasteiger partial charge in [0.15, 0.2) is 5.89 Å². The molecule has 5 rings (SSSR count). The molecular formula is C24H24FN7O3. The first-order valence-electron chi connectivity index (χ1n) is 11.3. The number of aromatic nitrogens is 4. The SMILES string of the molecule is Cc1nc(C)c(C(=O)Nc2ccc(F)c(-c3cn4cc(NC(=N)OC5CCCC5)cnc4n3)c2)o1. The van der Waals surface area contributed by atoms with Crippen LogP contribution >= 0.6 is 0 Å². The lowest BCUT2D eigenvalue weighted by Crippen LogP contribution is -2.21. The zero-order valence-corrected chi connectivity index (χ0v) is 19.3. The fraction of sp³-hybridized carbons (Fsp3) is 0.292. The van der Waals surface area contributed by atoms with Gasteiger partial charge < -0.3 is 19.8 Å². The highest BCUT2D eigenvalue weighted by Gasteiger charge is 2.19. The number of nitrogens with one attached hydrogen (secondary N) is 3. The van der Waals surface area contributed by atoms with Crippen LogP contribution in [0.5, 0.6) is 0 Å². The van der Waals surface area contributed by atoms with E-state index >= 15 is 0 Å². The highest BCUT2D eigenvalue weighted by Crippen LogP contribution is 2.27. The maximum absolute atomic E-state index is 14.7. The summed E-state index contributed by atoms with van der Waals surface area (Å²) in [5.41, 5.74) is 1.94. The van der Waals surface area contributed by atoms with Crippen LogP contribution in [0.4, 0.5) is 15.8 Å². The lowest BCUT2D eigenvalue weighted by molar-refractivity contribution is 0.0994. The maximum Gasteiger partial charge on any atom is 0.293 e. The highest BCUT2D eigenvalue weighted by molar-refractivity contribution is 6.03. The molecule has 180 valence electrons. The van der Waals surface area contributed by atoms with E-state index in [0.29, 0.717) is 34.4 Å². The van der Waals surface area contributed by atoms with Gasteiger partial charge in [0.1, 0.15) is 11.9 Å². The van der Waals surface area contributed by atoms with Crippen molar-refractivity contribution >= 4 is 29.1 Å². The summed E-state index contributed by atoms with van der Waals surface area (Å²) in [6.45, 7) is 3.33. The van der Waals surface area contributed by atoms with Crippen LogP contribution in [0.15, 0.2) is 41.2 Å². The number of imidazole rings is 1. The molecule has 35 heavy (non-hydrogen) atoms. The van der Waals surface area contributed by atoms with Crippen molar-refractivity contribution in [2.24, 2.45) is 0 Å². The van der Waals surface area contributed by atoms with Crippen LogP contribution in [-0.4, -0.2) is 37.4 Å². The number of benzene rings is 1. The number of rotatable bonds is 5. The van der Waals surface area contributed by atoms with Crippen molar-refractivity contribution < 1.29 is 18.3 Å². The average Bonchev–Trinajstić information content (AvgIpc) is 3.54. The van der Waals surface area contributed by atoms with E-state index in [9.17, 15) is 9.18 Å². The second-order valence-corrected chi connectivity index (χ2v) is 8.45. The van der Waals surface area contributed by atoms with Gasteiger partial charge in [-0.25, -0.2) is 19.3 Å². The third-order valence-corrected chi connectivity index (χ3v) is 5.76. The second-order valence-electron chi connectivity index (χ2n) is 8.45. The van der Waals surface area contributed by atoms with Gasteiger partial charge in [0.2, 0.25) is 11.5 Å². The standard InChI is InChI=1S/C24H24FN7O3/c1-13-21(34-14(2)28-13)22(33)29-15-7-8-19(25)18(9-15)20-12-32-11-16(10-27-24(32)31-20)30-23(26)35-17-5-3-4-6-17/h7-12,17H,3-6H2,1-2H3,(H2,26,30)(H,29,33). The molecule has 1 aliphatic rings. The van der Waals surface area contributed by atoms with Gasteiger partial charge in [-0.3, -0.25) is 14.6 Å². The molecule has 0 spiro atoms. The number of halogens is 1. The molecule has 4 aromatic rings. The number of oxazole rings is 1. The van der Waals surface area contributed by atoms with Crippen LogP contribution < -0.4 is 10.6 Å². The van der Waals surface area contributed by atoms with Crippen LogP contribution in [0.1, 0.15) is 47.8 Å². The first-order valence-corrected chi connectivity index (χ1v) is 11.3. The Bertz CT molecular complexity index is 1420. The number of amides is 1. The number of ether oxygens (including phenoxy) is 1. The molecule has 0 bridgehead atoms. The lowest BCUT2D eigenvalue weighted by Gasteiger charge is -2.14. The number of nitrogens with zero attached hydrogens (tertiary/aromatic N) is 4. The first kappa shape index (κ1) is 22.5. The van der Waals surface area contributed by atoms with Gasteiger partial charge in [-0.15, -0.1) is 0 Å². The van der Waals surface area contributed by atoms with Crippen LogP contribution in [0.2, 0.25) is 0 Å². The smallest absolute Gasteiger partial charge is 0.293 e. The summed E-state index contributed by atoms with van der Waals surface area (Å²) in [5.74, 6) is -0.125. The molecule has 1 aliphatic carbocycles. The molecule has 3 heterocycles. The molecule has 0 radical (unpaired) electrons. The third kappa shape index (κ3) is 4.84. The van der Waals surface area contributed by atoms with Gasteiger partial charge in [-0.2, -0.15) is 0 Å². The van der Waals surface area contributed by atoms with Crippen molar-refractivity contribution in [3.8, 4) is 11.3 Å². The predicted octanol–water partition coefficient (Wildman–Crippen LogP) is 4.70. The summed E-state index contributed by atoms with van der Waals surface area (Å²) in [4.78, 5) is 25.3. The third-order valence-electron chi connectivity index (χ3n) is 5.76. The van der Waals surface area contributed by atoms with Crippen molar-refractivity contribution in [2.75, 3.05) is 10.6 Å². The Kier molecular flexibility index (Phi) is 5.89. The Morgan fingerprint density at radius 2 is 1.97 bits per heavy atom. The fourth-order valence-corrected chi connectivity index (χ4v) is 4.14. The quantitative estimate of drug-likeness (QED) is 0.281. The van der Waals surface area contributed by atoms with Gasteiger partial charge in [-0.05, 0) is 50.8 Å². The average molecular weight is 478 g/mol. The normalized spacial score (nSPS) is 13.8. The minimum atomic E-state index is -0.497. The number of anilines is 2. The van der Waals surface area contributed by atoms with Crippen LogP contribution in [0, 0.1) is 25.1 Å². The van der Waals surface area contributed by atoms with E-state index in [0.717, 1.165) is 25.7 Å². The molecule has 10 nitrogen and oxygen atoms in total. The summed E-state index contributed by atoms with van der Waals surface area (Å²) >= 11 is 0. The van der Waals surface area contributed by atoms with Crippen LogP contribution in [0.25, 0.3) is 17.0 Å². The molecule has 1 saturated carbocycles. The number of hydrogen-bond acceptors (Lipinski definition) is 7. The predicted molar refractivity (Wildman–Crippen MR) is 127 cm³/mol. The summed E-state index contributed by atoms with van der Waals surface area (Å²) in [6.07, 6.45) is 9.07. The molecule has 0 aliphatic heterocycles. The van der Waals surface area contributed by atoms with Crippen molar-refractivity contribution in [1.29, 1.82) is 5.41 Å². The van der Waals surface area contributed by atoms with E-state index in [2.05, 4.69) is 25.6 Å². The zero-order valence-electron chi connectivity index (χ0n) is 19.3. The van der Waals surface area contributed by atoms with Gasteiger partial charge in [0.05, 0.1) is 23.3 Å². The van der Waals surface area contributed by atoms with Gasteiger partial charge >= 0.3 is 0 Å². The van der Waals surface area contributed by atoms with Crippen LogP contribution in [0.3, 0.4) is 0 Å². The Labute approximate surface area is 200 Å². The van der Waals surface area contributed by atoms with E-state index in [1.54, 1.807) is 30.6 Å². The first-order chi connectivity index (χ1) is 16.9. The van der Waals surface area contributed by atoms with E-state index < -0.39 is 11.7 Å². The summed E-state index contributed by atoms with van der Waals surface area (Å²) < 4.78 is 27.3. The number of aryl methyl sites for hydroxylation is 2.